The van der Waals surface area contributed by atoms with Crippen molar-refractivity contribution in [3.8, 4) is 11.5 Å². The van der Waals surface area contributed by atoms with Crippen LogP contribution in [0.5, 0.6) is 11.5 Å². The molecule has 0 N–H and O–H groups in total. The summed E-state index contributed by atoms with van der Waals surface area (Å²) in [5.41, 5.74) is 1.59. The average molecular weight is 349 g/mol. The van der Waals surface area contributed by atoms with Gasteiger partial charge >= 0.3 is 6.09 Å². The van der Waals surface area contributed by atoms with Gasteiger partial charge in [-0.05, 0) is 19.9 Å². The Kier molecular flexibility index (Phi) is 6.03. The number of hydrogen-bond donors (Lipinski definition) is 0. The molecule has 25 heavy (non-hydrogen) atoms. The van der Waals surface area contributed by atoms with Crippen LogP contribution in [0.4, 0.5) is 10.5 Å². The molecule has 1 aromatic rings. The lowest BCUT2D eigenvalue weighted by atomic mass is 9.92. The van der Waals surface area contributed by atoms with Crippen molar-refractivity contribution in [2.24, 2.45) is 0 Å². The minimum Gasteiger partial charge on any atom is -0.493 e. The zero-order valence-corrected chi connectivity index (χ0v) is 15.1. The Bertz CT molecular complexity index is 697. The summed E-state index contributed by atoms with van der Waals surface area (Å²) in [4.78, 5) is 26.4. The molecule has 7 nitrogen and oxygen atoms in total. The molecule has 0 radical (unpaired) electrons. The van der Waals surface area contributed by atoms with E-state index in [1.807, 2.05) is 6.92 Å². The number of benzene rings is 1. The van der Waals surface area contributed by atoms with Gasteiger partial charge in [0.05, 0.1) is 32.6 Å². The molecule has 0 saturated heterocycles. The minimum atomic E-state index is -0.488. The van der Waals surface area contributed by atoms with Crippen molar-refractivity contribution in [2.45, 2.75) is 19.9 Å². The van der Waals surface area contributed by atoms with Crippen molar-refractivity contribution in [3.63, 3.8) is 0 Å². The number of nitrogens with zero attached hydrogens (tertiary/aromatic N) is 1. The molecule has 0 aromatic heterocycles. The minimum absolute atomic E-state index is 0.0499. The first-order chi connectivity index (χ1) is 12.0. The number of rotatable bonds is 6. The van der Waals surface area contributed by atoms with Gasteiger partial charge in [-0.2, -0.15) is 0 Å². The second-order valence-electron chi connectivity index (χ2n) is 5.47. The Hall–Kier alpha value is -2.54. The Balaban J connectivity index is 2.64. The Morgan fingerprint density at radius 2 is 1.76 bits per heavy atom. The Morgan fingerprint density at radius 1 is 1.12 bits per heavy atom. The van der Waals surface area contributed by atoms with Crippen LogP contribution in [0, 0.1) is 0 Å². The maximum Gasteiger partial charge on any atom is 0.414 e. The van der Waals surface area contributed by atoms with Crippen molar-refractivity contribution >= 4 is 23.1 Å². The fraction of sp³-hybridized carbons (Fsp3) is 0.444. The van der Waals surface area contributed by atoms with E-state index in [0.29, 0.717) is 28.3 Å². The van der Waals surface area contributed by atoms with E-state index in [1.54, 1.807) is 25.1 Å². The number of methoxy groups -OCH3 is 3. The van der Waals surface area contributed by atoms with E-state index >= 15 is 0 Å². The molecule has 0 fully saturated rings. The smallest absolute Gasteiger partial charge is 0.414 e. The summed E-state index contributed by atoms with van der Waals surface area (Å²) < 4.78 is 20.8. The molecule has 136 valence electrons. The number of carbonyl (C=O) groups excluding carboxylic acids is 2. The highest BCUT2D eigenvalue weighted by atomic mass is 16.6. The second kappa shape index (κ2) is 8.02. The first-order valence-electron chi connectivity index (χ1n) is 7.94. The number of fused-ring (bicyclic) bond motifs is 1. The molecule has 0 aliphatic carbocycles. The summed E-state index contributed by atoms with van der Waals surface area (Å²) in [6, 6.07) is 3.00. The summed E-state index contributed by atoms with van der Waals surface area (Å²) in [7, 11) is 4.49. The number of Topliss-reactive ketones (excluding diaryl/α,β-unsaturated/α-hetero) is 1. The molecule has 1 amide bonds. The first kappa shape index (κ1) is 18.8. The normalized spacial score (nSPS) is 16.0. The standard InChI is InChI=1S/C18H23NO6/c1-6-25-18(21)19-11(2)7-13(15(20)10-22-3)12-8-16(23-4)17(24-5)9-14(12)19/h7-9,11H,6,10H2,1-5H3. The second-order valence-corrected chi connectivity index (χ2v) is 5.47. The SMILES string of the molecule is CCOC(=O)N1c2cc(OC)c(OC)cc2C(C(=O)COC)=CC1C. The third-order valence-corrected chi connectivity index (χ3v) is 3.91. The third kappa shape index (κ3) is 3.61. The molecule has 1 heterocycles. The van der Waals surface area contributed by atoms with Crippen molar-refractivity contribution in [1.82, 2.24) is 0 Å². The van der Waals surface area contributed by atoms with Gasteiger partial charge in [-0.3, -0.25) is 9.69 Å². The molecule has 0 bridgehead atoms. The van der Waals surface area contributed by atoms with Gasteiger partial charge in [0.1, 0.15) is 6.61 Å². The van der Waals surface area contributed by atoms with E-state index in [9.17, 15) is 9.59 Å². The van der Waals surface area contributed by atoms with Crippen molar-refractivity contribution in [2.75, 3.05) is 39.4 Å². The number of ketones is 1. The van der Waals surface area contributed by atoms with E-state index < -0.39 is 6.09 Å². The van der Waals surface area contributed by atoms with Crippen LogP contribution in [0.15, 0.2) is 18.2 Å². The highest BCUT2D eigenvalue weighted by Crippen LogP contribution is 2.42. The molecule has 0 saturated carbocycles. The fourth-order valence-corrected chi connectivity index (χ4v) is 2.82. The van der Waals surface area contributed by atoms with Crippen molar-refractivity contribution in [1.29, 1.82) is 0 Å². The van der Waals surface area contributed by atoms with Crippen LogP contribution < -0.4 is 14.4 Å². The van der Waals surface area contributed by atoms with Crippen LogP contribution in [0.25, 0.3) is 5.57 Å². The number of ether oxygens (including phenoxy) is 4. The van der Waals surface area contributed by atoms with E-state index in [0.717, 1.165) is 0 Å². The summed E-state index contributed by atoms with van der Waals surface area (Å²) in [5, 5.41) is 0. The lowest BCUT2D eigenvalue weighted by molar-refractivity contribution is -0.117. The third-order valence-electron chi connectivity index (χ3n) is 3.91. The van der Waals surface area contributed by atoms with Gasteiger partial charge < -0.3 is 18.9 Å². The number of carbonyl (C=O) groups is 2. The van der Waals surface area contributed by atoms with Crippen LogP contribution in [-0.2, 0) is 14.3 Å². The topological polar surface area (TPSA) is 74.3 Å². The average Bonchev–Trinajstić information content (AvgIpc) is 2.60. The molecule has 7 heteroatoms. The maximum atomic E-state index is 12.5. The van der Waals surface area contributed by atoms with Gasteiger partial charge in [0.2, 0.25) is 0 Å². The first-order valence-corrected chi connectivity index (χ1v) is 7.94. The van der Waals surface area contributed by atoms with E-state index in [-0.39, 0.29) is 25.0 Å². The maximum absolute atomic E-state index is 12.5. The summed E-state index contributed by atoms with van der Waals surface area (Å²) in [6.45, 7) is 3.76. The number of anilines is 1. The molecular formula is C18H23NO6. The van der Waals surface area contributed by atoms with Crippen LogP contribution in [-0.4, -0.2) is 52.5 Å². The molecule has 2 rings (SSSR count). The van der Waals surface area contributed by atoms with Gasteiger partial charge in [-0.25, -0.2) is 4.79 Å². The molecule has 1 aliphatic heterocycles. The highest BCUT2D eigenvalue weighted by Gasteiger charge is 2.33. The monoisotopic (exact) mass is 349 g/mol. The van der Waals surface area contributed by atoms with E-state index in [2.05, 4.69) is 0 Å². The van der Waals surface area contributed by atoms with E-state index in [4.69, 9.17) is 18.9 Å². The van der Waals surface area contributed by atoms with E-state index in [1.165, 1.54) is 26.2 Å². The summed E-state index contributed by atoms with van der Waals surface area (Å²) in [5.74, 6) is 0.755. The Labute approximate surface area is 147 Å². The largest absolute Gasteiger partial charge is 0.493 e. The van der Waals surface area contributed by atoms with Gasteiger partial charge in [-0.15, -0.1) is 0 Å². The van der Waals surface area contributed by atoms with Crippen molar-refractivity contribution < 1.29 is 28.5 Å². The van der Waals surface area contributed by atoms with Gasteiger partial charge in [0, 0.05) is 24.3 Å². The van der Waals surface area contributed by atoms with Crippen LogP contribution in [0.3, 0.4) is 0 Å². The lowest BCUT2D eigenvalue weighted by Crippen LogP contribution is -2.41. The molecule has 1 aliphatic rings. The predicted molar refractivity (Wildman–Crippen MR) is 93.4 cm³/mol. The lowest BCUT2D eigenvalue weighted by Gasteiger charge is -2.33. The number of amides is 1. The Morgan fingerprint density at radius 3 is 2.32 bits per heavy atom. The zero-order valence-electron chi connectivity index (χ0n) is 15.1. The van der Waals surface area contributed by atoms with Gasteiger partial charge in [0.15, 0.2) is 17.3 Å². The molecule has 0 spiro atoms. The quantitative estimate of drug-likeness (QED) is 0.786. The van der Waals surface area contributed by atoms with Gasteiger partial charge in [0.25, 0.3) is 0 Å². The van der Waals surface area contributed by atoms with Crippen LogP contribution >= 0.6 is 0 Å². The predicted octanol–water partition coefficient (Wildman–Crippen LogP) is 2.67. The highest BCUT2D eigenvalue weighted by molar-refractivity contribution is 6.24. The van der Waals surface area contributed by atoms with Gasteiger partial charge in [-0.1, -0.05) is 6.08 Å². The van der Waals surface area contributed by atoms with Crippen LogP contribution in [0.2, 0.25) is 0 Å². The van der Waals surface area contributed by atoms with Crippen LogP contribution in [0.1, 0.15) is 19.4 Å². The fourth-order valence-electron chi connectivity index (χ4n) is 2.82. The summed E-state index contributed by atoms with van der Waals surface area (Å²) in [6.07, 6.45) is 1.24. The molecule has 1 aromatic carbocycles. The van der Waals surface area contributed by atoms with Crippen molar-refractivity contribution in [3.05, 3.63) is 23.8 Å². The molecular weight excluding hydrogens is 326 g/mol. The molecule has 1 unspecified atom stereocenters. The summed E-state index contributed by atoms with van der Waals surface area (Å²) >= 11 is 0. The zero-order chi connectivity index (χ0) is 18.6. The number of hydrogen-bond acceptors (Lipinski definition) is 6. The molecule has 1 atom stereocenters.